The number of para-hydroxylation sites is 1. The summed E-state index contributed by atoms with van der Waals surface area (Å²) in [5, 5.41) is 3.27. The van der Waals surface area contributed by atoms with Crippen LogP contribution in [-0.4, -0.2) is 21.8 Å². The van der Waals surface area contributed by atoms with Crippen LogP contribution < -0.4 is 14.2 Å². The average Bonchev–Trinajstić information content (AvgIpc) is 2.43. The van der Waals surface area contributed by atoms with Crippen LogP contribution in [0.15, 0.2) is 46.2 Å². The van der Waals surface area contributed by atoms with Crippen LogP contribution in [0.25, 0.3) is 0 Å². The molecule has 0 radical (unpaired) electrons. The fourth-order valence-electron chi connectivity index (χ4n) is 2.09. The SMILES string of the molecule is COc1c(OS(C)(=O)=O)ccc2c1Nc1ccccc1S2. The van der Waals surface area contributed by atoms with Crippen LogP contribution >= 0.6 is 11.8 Å². The second-order valence-corrected chi connectivity index (χ2v) is 7.14. The van der Waals surface area contributed by atoms with Gasteiger partial charge in [-0.15, -0.1) is 0 Å². The van der Waals surface area contributed by atoms with Crippen LogP contribution in [-0.2, 0) is 10.1 Å². The maximum absolute atomic E-state index is 11.3. The summed E-state index contributed by atoms with van der Waals surface area (Å²) >= 11 is 1.59. The highest BCUT2D eigenvalue weighted by Gasteiger charge is 2.23. The molecule has 1 heterocycles. The maximum Gasteiger partial charge on any atom is 0.306 e. The fraction of sp³-hybridized carbons (Fsp3) is 0.143. The van der Waals surface area contributed by atoms with Crippen molar-refractivity contribution in [2.45, 2.75) is 9.79 Å². The van der Waals surface area contributed by atoms with E-state index in [1.807, 2.05) is 30.3 Å². The van der Waals surface area contributed by atoms with E-state index in [-0.39, 0.29) is 5.75 Å². The number of nitrogens with one attached hydrogen (secondary N) is 1. The van der Waals surface area contributed by atoms with Gasteiger partial charge in [-0.1, -0.05) is 23.9 Å². The van der Waals surface area contributed by atoms with Gasteiger partial charge in [0.05, 0.1) is 24.7 Å². The van der Waals surface area contributed by atoms with Crippen LogP contribution in [0.1, 0.15) is 0 Å². The number of rotatable bonds is 3. The van der Waals surface area contributed by atoms with Gasteiger partial charge in [0.25, 0.3) is 0 Å². The molecule has 1 aliphatic rings. The second-order valence-electron chi connectivity index (χ2n) is 4.48. The molecule has 1 N–H and O–H groups in total. The second kappa shape index (κ2) is 5.16. The first-order valence-electron chi connectivity index (χ1n) is 6.12. The Balaban J connectivity index is 2.08. The van der Waals surface area contributed by atoms with E-state index in [1.54, 1.807) is 17.8 Å². The molecule has 0 bridgehead atoms. The average molecular weight is 323 g/mol. The Kier molecular flexibility index (Phi) is 3.46. The standard InChI is InChI=1S/C14H13NO4S2/c1-18-14-10(19-21(2,16)17)7-8-12-13(14)15-9-5-3-4-6-11(9)20-12/h3-8,15H,1-2H3. The lowest BCUT2D eigenvalue weighted by Crippen LogP contribution is -2.09. The molecular weight excluding hydrogens is 310 g/mol. The third-order valence-corrected chi connectivity index (χ3v) is 4.51. The summed E-state index contributed by atoms with van der Waals surface area (Å²) in [7, 11) is -2.13. The van der Waals surface area contributed by atoms with Crippen molar-refractivity contribution in [1.29, 1.82) is 0 Å². The maximum atomic E-state index is 11.3. The Labute approximate surface area is 127 Å². The highest BCUT2D eigenvalue weighted by Crippen LogP contribution is 2.50. The Morgan fingerprint density at radius 1 is 1.10 bits per heavy atom. The number of anilines is 2. The van der Waals surface area contributed by atoms with Gasteiger partial charge in [0.15, 0.2) is 11.5 Å². The van der Waals surface area contributed by atoms with E-state index in [2.05, 4.69) is 5.32 Å². The van der Waals surface area contributed by atoms with E-state index < -0.39 is 10.1 Å². The lowest BCUT2D eigenvalue weighted by atomic mass is 10.2. The van der Waals surface area contributed by atoms with Crippen molar-refractivity contribution in [1.82, 2.24) is 0 Å². The zero-order valence-corrected chi connectivity index (χ0v) is 13.0. The summed E-state index contributed by atoms with van der Waals surface area (Å²) in [4.78, 5) is 2.05. The normalized spacial score (nSPS) is 12.9. The Hall–Kier alpha value is -1.86. The van der Waals surface area contributed by atoms with Crippen LogP contribution in [0.4, 0.5) is 11.4 Å². The molecule has 2 aromatic rings. The predicted octanol–water partition coefficient (Wildman–Crippen LogP) is 3.24. The van der Waals surface area contributed by atoms with Crippen LogP contribution in [0.5, 0.6) is 11.5 Å². The first kappa shape index (κ1) is 14.1. The fourth-order valence-corrected chi connectivity index (χ4v) is 3.54. The molecule has 0 fully saturated rings. The summed E-state index contributed by atoms with van der Waals surface area (Å²) in [5.41, 5.74) is 1.66. The molecule has 0 spiro atoms. The highest BCUT2D eigenvalue weighted by atomic mass is 32.2. The molecule has 0 unspecified atom stereocenters. The number of hydrogen-bond acceptors (Lipinski definition) is 6. The molecule has 3 rings (SSSR count). The van der Waals surface area contributed by atoms with Crippen molar-refractivity contribution in [3.63, 3.8) is 0 Å². The van der Waals surface area contributed by atoms with Crippen molar-refractivity contribution in [2.24, 2.45) is 0 Å². The lowest BCUT2D eigenvalue weighted by molar-refractivity contribution is 0.392. The molecule has 5 nitrogen and oxygen atoms in total. The van der Waals surface area contributed by atoms with Gasteiger partial charge in [-0.2, -0.15) is 8.42 Å². The highest BCUT2D eigenvalue weighted by molar-refractivity contribution is 7.99. The van der Waals surface area contributed by atoms with Gasteiger partial charge in [-0.05, 0) is 24.3 Å². The molecule has 110 valence electrons. The summed E-state index contributed by atoms with van der Waals surface area (Å²) in [5.74, 6) is 0.547. The van der Waals surface area contributed by atoms with E-state index in [0.29, 0.717) is 11.4 Å². The van der Waals surface area contributed by atoms with Crippen LogP contribution in [0.3, 0.4) is 0 Å². The molecular formula is C14H13NO4S2. The minimum absolute atomic E-state index is 0.172. The first-order valence-corrected chi connectivity index (χ1v) is 8.75. The summed E-state index contributed by atoms with van der Waals surface area (Å²) in [6.45, 7) is 0. The third-order valence-electron chi connectivity index (χ3n) is 2.90. The molecule has 0 aliphatic carbocycles. The quantitative estimate of drug-likeness (QED) is 0.747. The topological polar surface area (TPSA) is 64.6 Å². The van der Waals surface area contributed by atoms with Gasteiger partial charge in [0, 0.05) is 9.79 Å². The van der Waals surface area contributed by atoms with Crippen molar-refractivity contribution in [3.05, 3.63) is 36.4 Å². The van der Waals surface area contributed by atoms with Crippen LogP contribution in [0.2, 0.25) is 0 Å². The molecule has 0 atom stereocenters. The monoisotopic (exact) mass is 323 g/mol. The van der Waals surface area contributed by atoms with Gasteiger partial charge in [-0.25, -0.2) is 0 Å². The molecule has 0 amide bonds. The van der Waals surface area contributed by atoms with Gasteiger partial charge >= 0.3 is 10.1 Å². The Morgan fingerprint density at radius 2 is 1.86 bits per heavy atom. The molecule has 0 aromatic heterocycles. The van der Waals surface area contributed by atoms with Crippen molar-refractivity contribution < 1.29 is 17.3 Å². The van der Waals surface area contributed by atoms with Crippen LogP contribution in [0, 0.1) is 0 Å². The summed E-state index contributed by atoms with van der Waals surface area (Å²) in [6.07, 6.45) is 1.00. The number of ether oxygens (including phenoxy) is 1. The van der Waals surface area contributed by atoms with Crippen molar-refractivity contribution >= 4 is 33.3 Å². The van der Waals surface area contributed by atoms with Crippen molar-refractivity contribution in [2.75, 3.05) is 18.7 Å². The number of hydrogen-bond donors (Lipinski definition) is 1. The largest absolute Gasteiger partial charge is 0.491 e. The van der Waals surface area contributed by atoms with Gasteiger partial charge in [-0.3, -0.25) is 0 Å². The number of benzene rings is 2. The summed E-state index contributed by atoms with van der Waals surface area (Å²) in [6, 6.07) is 11.3. The molecule has 7 heteroatoms. The zero-order valence-electron chi connectivity index (χ0n) is 11.4. The van der Waals surface area contributed by atoms with E-state index in [1.165, 1.54) is 7.11 Å². The predicted molar refractivity (Wildman–Crippen MR) is 82.3 cm³/mol. The van der Waals surface area contributed by atoms with E-state index >= 15 is 0 Å². The van der Waals surface area contributed by atoms with E-state index in [4.69, 9.17) is 8.92 Å². The van der Waals surface area contributed by atoms with Gasteiger partial charge in [0.1, 0.15) is 0 Å². The number of methoxy groups -OCH3 is 1. The minimum Gasteiger partial charge on any atom is -0.491 e. The molecule has 2 aromatic carbocycles. The Bertz CT molecular complexity index is 803. The lowest BCUT2D eigenvalue weighted by Gasteiger charge is -2.23. The Morgan fingerprint density at radius 3 is 2.57 bits per heavy atom. The first-order chi connectivity index (χ1) is 9.98. The molecule has 0 saturated carbocycles. The third kappa shape index (κ3) is 2.79. The van der Waals surface area contributed by atoms with E-state index in [9.17, 15) is 8.42 Å². The zero-order chi connectivity index (χ0) is 15.0. The molecule has 1 aliphatic heterocycles. The van der Waals surface area contributed by atoms with Gasteiger partial charge in [0.2, 0.25) is 0 Å². The summed E-state index contributed by atoms with van der Waals surface area (Å²) < 4.78 is 33.0. The number of fused-ring (bicyclic) bond motifs is 2. The molecule has 0 saturated heterocycles. The van der Waals surface area contributed by atoms with E-state index in [0.717, 1.165) is 21.7 Å². The van der Waals surface area contributed by atoms with Crippen molar-refractivity contribution in [3.8, 4) is 11.5 Å². The minimum atomic E-state index is -3.61. The molecule has 21 heavy (non-hydrogen) atoms. The smallest absolute Gasteiger partial charge is 0.306 e. The van der Waals surface area contributed by atoms with Gasteiger partial charge < -0.3 is 14.2 Å².